The number of anilines is 3. The van der Waals surface area contributed by atoms with Gasteiger partial charge in [-0.15, -0.1) is 11.3 Å². The van der Waals surface area contributed by atoms with Crippen molar-refractivity contribution in [3.8, 4) is 33.4 Å². The van der Waals surface area contributed by atoms with Gasteiger partial charge in [-0.25, -0.2) is 0 Å². The molecule has 0 bridgehead atoms. The van der Waals surface area contributed by atoms with Gasteiger partial charge in [0.25, 0.3) is 0 Å². The van der Waals surface area contributed by atoms with Crippen LogP contribution in [0, 0.1) is 0 Å². The van der Waals surface area contributed by atoms with Crippen molar-refractivity contribution >= 4 is 59.3 Å². The van der Waals surface area contributed by atoms with Crippen LogP contribution < -0.4 is 4.90 Å². The Kier molecular flexibility index (Phi) is 8.33. The van der Waals surface area contributed by atoms with Crippen molar-refractivity contribution in [2.75, 3.05) is 4.90 Å². The van der Waals surface area contributed by atoms with Crippen LogP contribution in [0.4, 0.5) is 17.1 Å². The lowest BCUT2D eigenvalue weighted by Gasteiger charge is -2.34. The van der Waals surface area contributed by atoms with Crippen LogP contribution in [0.15, 0.2) is 237 Å². The van der Waals surface area contributed by atoms with Crippen LogP contribution in [0.1, 0.15) is 22.3 Å². The highest BCUT2D eigenvalue weighted by Gasteiger charge is 2.46. The predicted octanol–water partition coefficient (Wildman–Crippen LogP) is 16.4. The maximum atomic E-state index is 2.45. The third-order valence-electron chi connectivity index (χ3n) is 12.7. The summed E-state index contributed by atoms with van der Waals surface area (Å²) >= 11 is 1.86. The van der Waals surface area contributed by atoms with E-state index in [9.17, 15) is 0 Å². The molecule has 1 aliphatic rings. The van der Waals surface area contributed by atoms with E-state index < -0.39 is 5.41 Å². The van der Waals surface area contributed by atoms with Gasteiger partial charge in [0, 0.05) is 31.5 Å². The second kappa shape index (κ2) is 14.3. The number of thiophene rings is 1. The molecule has 12 rings (SSSR count). The average Bonchev–Trinajstić information content (AvgIpc) is 3.87. The Morgan fingerprint density at radius 3 is 1.77 bits per heavy atom. The Labute approximate surface area is 360 Å². The number of benzene rings is 10. The number of nitrogens with zero attached hydrogens (tertiary/aromatic N) is 1. The Balaban J connectivity index is 1.02. The van der Waals surface area contributed by atoms with E-state index in [4.69, 9.17) is 0 Å². The third kappa shape index (κ3) is 5.60. The first-order valence-corrected chi connectivity index (χ1v) is 21.8. The largest absolute Gasteiger partial charge is 0.310 e. The molecule has 2 heteroatoms. The highest BCUT2D eigenvalue weighted by molar-refractivity contribution is 7.26. The zero-order chi connectivity index (χ0) is 40.3. The van der Waals surface area contributed by atoms with E-state index >= 15 is 0 Å². The molecule has 0 atom stereocenters. The van der Waals surface area contributed by atoms with Gasteiger partial charge in [0.05, 0.1) is 11.1 Å². The number of hydrogen-bond acceptors (Lipinski definition) is 2. The quantitative estimate of drug-likeness (QED) is 0.155. The van der Waals surface area contributed by atoms with E-state index in [1.54, 1.807) is 0 Å². The summed E-state index contributed by atoms with van der Waals surface area (Å²) in [5.41, 5.74) is 15.5. The average molecular weight is 794 g/mol. The molecule has 0 fully saturated rings. The van der Waals surface area contributed by atoms with Gasteiger partial charge in [0.2, 0.25) is 0 Å². The maximum Gasteiger partial charge on any atom is 0.0713 e. The van der Waals surface area contributed by atoms with Gasteiger partial charge >= 0.3 is 0 Å². The molecule has 1 heterocycles. The summed E-state index contributed by atoms with van der Waals surface area (Å²) in [5.74, 6) is 0. The SMILES string of the molecule is c1ccc(C2(c3ccccc3)c3ccccc3-c3ccc(-c4ccc(N(c5cccc(-c6cccc7ccccc67)c5)c5cccc6sc7ccccc7c56)cc4)cc32)cc1. The van der Waals surface area contributed by atoms with Gasteiger partial charge in [-0.2, -0.15) is 0 Å². The molecule has 0 radical (unpaired) electrons. The molecule has 0 saturated carbocycles. The molecule has 0 unspecified atom stereocenters. The van der Waals surface area contributed by atoms with E-state index in [0.717, 1.165) is 11.4 Å². The molecule has 0 spiro atoms. The van der Waals surface area contributed by atoms with Gasteiger partial charge in [-0.05, 0) is 115 Å². The fraction of sp³-hybridized carbons (Fsp3) is 0.0169. The van der Waals surface area contributed by atoms with E-state index in [2.05, 4.69) is 241 Å². The Bertz CT molecular complexity index is 3370. The Morgan fingerprint density at radius 1 is 0.344 bits per heavy atom. The van der Waals surface area contributed by atoms with Crippen molar-refractivity contribution in [1.29, 1.82) is 0 Å². The van der Waals surface area contributed by atoms with Crippen LogP contribution in [0.2, 0.25) is 0 Å². The van der Waals surface area contributed by atoms with Crippen LogP contribution >= 0.6 is 11.3 Å². The van der Waals surface area contributed by atoms with Gasteiger partial charge in [-0.1, -0.05) is 188 Å². The second-order valence-corrected chi connectivity index (χ2v) is 17.1. The highest BCUT2D eigenvalue weighted by Crippen LogP contribution is 2.57. The van der Waals surface area contributed by atoms with Crippen molar-refractivity contribution in [2.24, 2.45) is 0 Å². The van der Waals surface area contributed by atoms with Crippen LogP contribution in [-0.2, 0) is 5.41 Å². The van der Waals surface area contributed by atoms with E-state index in [-0.39, 0.29) is 0 Å². The highest BCUT2D eigenvalue weighted by atomic mass is 32.1. The summed E-state index contributed by atoms with van der Waals surface area (Å²) in [6, 6.07) is 87.3. The van der Waals surface area contributed by atoms with E-state index in [0.29, 0.717) is 0 Å². The summed E-state index contributed by atoms with van der Waals surface area (Å²) in [6.07, 6.45) is 0. The topological polar surface area (TPSA) is 3.24 Å². The van der Waals surface area contributed by atoms with Gasteiger partial charge in [0.1, 0.15) is 0 Å². The van der Waals surface area contributed by atoms with Crippen LogP contribution in [0.3, 0.4) is 0 Å². The minimum absolute atomic E-state index is 0.446. The first kappa shape index (κ1) is 35.4. The van der Waals surface area contributed by atoms with Crippen molar-refractivity contribution in [3.05, 3.63) is 259 Å². The minimum atomic E-state index is -0.446. The fourth-order valence-corrected chi connectivity index (χ4v) is 11.2. The summed E-state index contributed by atoms with van der Waals surface area (Å²) in [5, 5.41) is 5.06. The molecule has 286 valence electrons. The maximum absolute atomic E-state index is 2.45. The molecule has 1 nitrogen and oxygen atoms in total. The Morgan fingerprint density at radius 2 is 0.951 bits per heavy atom. The van der Waals surface area contributed by atoms with Crippen LogP contribution in [0.5, 0.6) is 0 Å². The smallest absolute Gasteiger partial charge is 0.0713 e. The molecule has 61 heavy (non-hydrogen) atoms. The molecule has 0 amide bonds. The fourth-order valence-electron chi connectivity index (χ4n) is 10.1. The molecule has 0 N–H and O–H groups in total. The van der Waals surface area contributed by atoms with Gasteiger partial charge < -0.3 is 4.90 Å². The summed E-state index contributed by atoms with van der Waals surface area (Å²) in [6.45, 7) is 0. The summed E-state index contributed by atoms with van der Waals surface area (Å²) < 4.78 is 2.58. The third-order valence-corrected chi connectivity index (χ3v) is 13.9. The second-order valence-electron chi connectivity index (χ2n) is 16.0. The molecular weight excluding hydrogens is 755 g/mol. The summed E-state index contributed by atoms with van der Waals surface area (Å²) in [4.78, 5) is 2.45. The lowest BCUT2D eigenvalue weighted by atomic mass is 9.67. The molecule has 0 saturated heterocycles. The molecule has 10 aromatic carbocycles. The first-order chi connectivity index (χ1) is 30.3. The molecular formula is C59H39NS. The number of fused-ring (bicyclic) bond motifs is 7. The number of hydrogen-bond donors (Lipinski definition) is 0. The van der Waals surface area contributed by atoms with Crippen molar-refractivity contribution < 1.29 is 0 Å². The lowest BCUT2D eigenvalue weighted by molar-refractivity contribution is 0.769. The van der Waals surface area contributed by atoms with Gasteiger partial charge in [0.15, 0.2) is 0 Å². The van der Waals surface area contributed by atoms with E-state index in [1.807, 2.05) is 11.3 Å². The van der Waals surface area contributed by atoms with Gasteiger partial charge in [-0.3, -0.25) is 0 Å². The zero-order valence-electron chi connectivity index (χ0n) is 33.4. The molecule has 11 aromatic rings. The Hall–Kier alpha value is -7.52. The van der Waals surface area contributed by atoms with Crippen molar-refractivity contribution in [2.45, 2.75) is 5.41 Å². The molecule has 1 aromatic heterocycles. The zero-order valence-corrected chi connectivity index (χ0v) is 34.2. The monoisotopic (exact) mass is 793 g/mol. The normalized spacial score (nSPS) is 12.7. The first-order valence-electron chi connectivity index (χ1n) is 21.0. The predicted molar refractivity (Wildman–Crippen MR) is 260 cm³/mol. The minimum Gasteiger partial charge on any atom is -0.310 e. The van der Waals surface area contributed by atoms with Crippen molar-refractivity contribution in [1.82, 2.24) is 0 Å². The standard InChI is InChI=1S/C59H39NS/c1-3-19-44(20-4-1)59(45-21-5-2-6-22-45)53-28-11-9-25-50(53)51-37-34-42(39-54(51)59)40-32-35-46(36-33-40)60(55-29-15-31-57-58(55)52-26-10-12-30-56(52)61-57)47-23-13-18-43(38-47)49-27-14-17-41-16-7-8-24-48(41)49/h1-39H. The number of rotatable bonds is 7. The van der Waals surface area contributed by atoms with Crippen LogP contribution in [0.25, 0.3) is 64.3 Å². The molecule has 0 aliphatic heterocycles. The molecule has 1 aliphatic carbocycles. The van der Waals surface area contributed by atoms with E-state index in [1.165, 1.54) is 92.3 Å². The van der Waals surface area contributed by atoms with Crippen LogP contribution in [-0.4, -0.2) is 0 Å². The lowest BCUT2D eigenvalue weighted by Crippen LogP contribution is -2.28. The summed E-state index contributed by atoms with van der Waals surface area (Å²) in [7, 11) is 0. The van der Waals surface area contributed by atoms with Crippen molar-refractivity contribution in [3.63, 3.8) is 0 Å².